The van der Waals surface area contributed by atoms with Crippen molar-refractivity contribution in [3.05, 3.63) is 35.9 Å². The number of rotatable bonds is 4. The van der Waals surface area contributed by atoms with Crippen LogP contribution in [0, 0.1) is 6.92 Å². The van der Waals surface area contributed by atoms with Gasteiger partial charge in [0, 0.05) is 17.3 Å². The minimum atomic E-state index is -0.835. The second kappa shape index (κ2) is 4.84. The van der Waals surface area contributed by atoms with Gasteiger partial charge < -0.3 is 10.1 Å². The van der Waals surface area contributed by atoms with Gasteiger partial charge >= 0.3 is 5.97 Å². The molecule has 5 nitrogen and oxygen atoms in total. The van der Waals surface area contributed by atoms with Crippen molar-refractivity contribution >= 4 is 5.97 Å². The van der Waals surface area contributed by atoms with Crippen LogP contribution in [0.15, 0.2) is 24.4 Å². The Bertz CT molecular complexity index is 588. The zero-order valence-electron chi connectivity index (χ0n) is 11.3. The third-order valence-corrected chi connectivity index (χ3v) is 3.03. The van der Waals surface area contributed by atoms with Crippen molar-refractivity contribution < 1.29 is 9.90 Å². The number of nitrogens with zero attached hydrogens (tertiary/aromatic N) is 2. The molecule has 2 aromatic heterocycles. The van der Waals surface area contributed by atoms with E-state index in [4.69, 9.17) is 5.11 Å². The molecule has 0 radical (unpaired) electrons. The molecular weight excluding hydrogens is 242 g/mol. The van der Waals surface area contributed by atoms with Gasteiger partial charge in [0.15, 0.2) is 0 Å². The maximum Gasteiger partial charge on any atom is 0.304 e. The van der Waals surface area contributed by atoms with E-state index in [1.807, 2.05) is 39.0 Å². The number of carboxylic acid groups (broad SMARTS) is 1. The molecule has 0 amide bonds. The zero-order chi connectivity index (χ0) is 14.0. The highest BCUT2D eigenvalue weighted by Crippen LogP contribution is 2.28. The second-order valence-corrected chi connectivity index (χ2v) is 5.23. The molecule has 0 aliphatic rings. The summed E-state index contributed by atoms with van der Waals surface area (Å²) in [5.74, 6) is -0.161. The summed E-state index contributed by atoms with van der Waals surface area (Å²) < 4.78 is 0. The Kier molecular flexibility index (Phi) is 3.38. The number of nitrogens with one attached hydrogen (secondary N) is 1. The van der Waals surface area contributed by atoms with Crippen LogP contribution in [-0.2, 0) is 10.2 Å². The number of carboxylic acids is 1. The number of carbonyl (C=O) groups is 1. The Morgan fingerprint density at radius 3 is 2.74 bits per heavy atom. The molecule has 2 rings (SSSR count). The molecule has 0 saturated heterocycles. The van der Waals surface area contributed by atoms with Gasteiger partial charge in [-0.2, -0.15) is 0 Å². The van der Waals surface area contributed by atoms with Crippen molar-refractivity contribution in [2.45, 2.75) is 32.6 Å². The first-order chi connectivity index (χ1) is 8.90. The first kappa shape index (κ1) is 13.3. The Balaban J connectivity index is 2.39. The Morgan fingerprint density at radius 2 is 2.16 bits per heavy atom. The number of imidazole rings is 1. The van der Waals surface area contributed by atoms with Crippen molar-refractivity contribution in [2.24, 2.45) is 0 Å². The number of pyridine rings is 1. The lowest BCUT2D eigenvalue weighted by atomic mass is 9.88. The molecule has 100 valence electrons. The summed E-state index contributed by atoms with van der Waals surface area (Å²) in [6, 6.07) is 5.64. The molecule has 2 aromatic rings. The average Bonchev–Trinajstić information content (AvgIpc) is 2.72. The highest BCUT2D eigenvalue weighted by atomic mass is 16.4. The monoisotopic (exact) mass is 259 g/mol. The molecular formula is C14H17N3O2. The third kappa shape index (κ3) is 2.81. The van der Waals surface area contributed by atoms with Gasteiger partial charge in [-0.25, -0.2) is 4.98 Å². The quantitative estimate of drug-likeness (QED) is 0.884. The van der Waals surface area contributed by atoms with E-state index in [2.05, 4.69) is 15.0 Å². The highest BCUT2D eigenvalue weighted by molar-refractivity contribution is 5.68. The minimum Gasteiger partial charge on any atom is -0.481 e. The van der Waals surface area contributed by atoms with Gasteiger partial charge in [0.05, 0.1) is 12.1 Å². The van der Waals surface area contributed by atoms with Crippen molar-refractivity contribution in [2.75, 3.05) is 0 Å². The lowest BCUT2D eigenvalue weighted by Crippen LogP contribution is -2.23. The van der Waals surface area contributed by atoms with E-state index in [0.29, 0.717) is 5.82 Å². The highest BCUT2D eigenvalue weighted by Gasteiger charge is 2.28. The van der Waals surface area contributed by atoms with E-state index in [0.717, 1.165) is 17.1 Å². The Hall–Kier alpha value is -2.17. The SMILES string of the molecule is Cc1[nH]c(C(C)(C)CC(=O)O)nc1-c1ccccn1. The van der Waals surface area contributed by atoms with E-state index in [-0.39, 0.29) is 6.42 Å². The van der Waals surface area contributed by atoms with Gasteiger partial charge in [-0.1, -0.05) is 19.9 Å². The van der Waals surface area contributed by atoms with E-state index in [1.54, 1.807) is 6.20 Å². The van der Waals surface area contributed by atoms with E-state index >= 15 is 0 Å². The van der Waals surface area contributed by atoms with Crippen LogP contribution in [0.25, 0.3) is 11.4 Å². The number of aryl methyl sites for hydroxylation is 1. The lowest BCUT2D eigenvalue weighted by molar-refractivity contribution is -0.138. The molecule has 2 N–H and O–H groups in total. The van der Waals surface area contributed by atoms with Crippen molar-refractivity contribution in [1.82, 2.24) is 15.0 Å². The number of H-pyrrole nitrogens is 1. The first-order valence-corrected chi connectivity index (χ1v) is 6.10. The normalized spacial score (nSPS) is 11.5. The molecule has 0 spiro atoms. The molecule has 5 heteroatoms. The third-order valence-electron chi connectivity index (χ3n) is 3.03. The van der Waals surface area contributed by atoms with Crippen LogP contribution in [0.4, 0.5) is 0 Å². The maximum absolute atomic E-state index is 10.9. The van der Waals surface area contributed by atoms with Gasteiger partial charge in [0.25, 0.3) is 0 Å². The van der Waals surface area contributed by atoms with Crippen molar-refractivity contribution in [3.63, 3.8) is 0 Å². The molecule has 2 heterocycles. The van der Waals surface area contributed by atoms with Gasteiger partial charge in [0.2, 0.25) is 0 Å². The maximum atomic E-state index is 10.9. The van der Waals surface area contributed by atoms with Gasteiger partial charge in [0.1, 0.15) is 11.5 Å². The molecule has 0 aliphatic heterocycles. The summed E-state index contributed by atoms with van der Waals surface area (Å²) in [7, 11) is 0. The van der Waals surface area contributed by atoms with Crippen LogP contribution in [0.2, 0.25) is 0 Å². The smallest absolute Gasteiger partial charge is 0.304 e. The fraction of sp³-hybridized carbons (Fsp3) is 0.357. The number of hydrogen-bond donors (Lipinski definition) is 2. The average molecular weight is 259 g/mol. The molecule has 0 aromatic carbocycles. The number of aromatic nitrogens is 3. The lowest BCUT2D eigenvalue weighted by Gasteiger charge is -2.19. The summed E-state index contributed by atoms with van der Waals surface area (Å²) in [6.07, 6.45) is 1.74. The number of hydrogen-bond acceptors (Lipinski definition) is 3. The summed E-state index contributed by atoms with van der Waals surface area (Å²) in [5, 5.41) is 8.95. The fourth-order valence-electron chi connectivity index (χ4n) is 1.99. The zero-order valence-corrected chi connectivity index (χ0v) is 11.3. The largest absolute Gasteiger partial charge is 0.481 e. The van der Waals surface area contributed by atoms with Crippen molar-refractivity contribution in [1.29, 1.82) is 0 Å². The predicted octanol–water partition coefficient (Wildman–Crippen LogP) is 2.53. The molecule has 0 aliphatic carbocycles. The van der Waals surface area contributed by atoms with Gasteiger partial charge in [-0.05, 0) is 19.1 Å². The van der Waals surface area contributed by atoms with E-state index in [1.165, 1.54) is 0 Å². The van der Waals surface area contributed by atoms with Crippen LogP contribution >= 0.6 is 0 Å². The minimum absolute atomic E-state index is 0.0294. The molecule has 0 bridgehead atoms. The second-order valence-electron chi connectivity index (χ2n) is 5.23. The van der Waals surface area contributed by atoms with Crippen molar-refractivity contribution in [3.8, 4) is 11.4 Å². The van der Waals surface area contributed by atoms with E-state index < -0.39 is 11.4 Å². The Labute approximate surface area is 111 Å². The standard InChI is InChI=1S/C14H17N3O2/c1-9-12(10-6-4-5-7-15-10)17-13(16-9)14(2,3)8-11(18)19/h4-7H,8H2,1-3H3,(H,16,17)(H,18,19). The fourth-order valence-corrected chi connectivity index (χ4v) is 1.99. The van der Waals surface area contributed by atoms with Gasteiger partial charge in [-0.3, -0.25) is 9.78 Å². The summed E-state index contributed by atoms with van der Waals surface area (Å²) in [5.41, 5.74) is 1.92. The number of aromatic amines is 1. The first-order valence-electron chi connectivity index (χ1n) is 6.10. The summed E-state index contributed by atoms with van der Waals surface area (Å²) in [6.45, 7) is 5.64. The van der Waals surface area contributed by atoms with Gasteiger partial charge in [-0.15, -0.1) is 0 Å². The Morgan fingerprint density at radius 1 is 1.42 bits per heavy atom. The molecule has 0 unspecified atom stereocenters. The van der Waals surface area contributed by atoms with E-state index in [9.17, 15) is 4.79 Å². The van der Waals surface area contributed by atoms with Crippen LogP contribution in [-0.4, -0.2) is 26.0 Å². The summed E-state index contributed by atoms with van der Waals surface area (Å²) >= 11 is 0. The molecule has 0 fully saturated rings. The van der Waals surface area contributed by atoms with Crippen LogP contribution < -0.4 is 0 Å². The molecule has 19 heavy (non-hydrogen) atoms. The molecule has 0 saturated carbocycles. The number of aliphatic carboxylic acids is 1. The van der Waals surface area contributed by atoms with Crippen LogP contribution in [0.1, 0.15) is 31.8 Å². The summed E-state index contributed by atoms with van der Waals surface area (Å²) in [4.78, 5) is 22.9. The van der Waals surface area contributed by atoms with Crippen LogP contribution in [0.3, 0.4) is 0 Å². The topological polar surface area (TPSA) is 78.9 Å². The molecule has 0 atom stereocenters. The van der Waals surface area contributed by atoms with Crippen LogP contribution in [0.5, 0.6) is 0 Å². The predicted molar refractivity (Wildman–Crippen MR) is 71.8 cm³/mol.